The number of likely N-dealkylation sites (tertiary alicyclic amines) is 1. The fourth-order valence-corrected chi connectivity index (χ4v) is 4.01. The lowest BCUT2D eigenvalue weighted by Gasteiger charge is -2.17. The molecule has 1 aromatic rings. The van der Waals surface area contributed by atoms with E-state index in [2.05, 4.69) is 5.32 Å². The molecule has 0 aromatic heterocycles. The number of ether oxygens (including phenoxy) is 2. The Morgan fingerprint density at radius 1 is 1.00 bits per heavy atom. The van der Waals surface area contributed by atoms with E-state index in [-0.39, 0.29) is 62.5 Å². The lowest BCUT2D eigenvalue weighted by Crippen LogP contribution is -2.40. The number of hydrogen-bond acceptors (Lipinski definition) is 6. The van der Waals surface area contributed by atoms with Crippen molar-refractivity contribution in [2.45, 2.75) is 31.7 Å². The van der Waals surface area contributed by atoms with Crippen molar-refractivity contribution in [1.82, 2.24) is 10.2 Å². The predicted molar refractivity (Wildman–Crippen MR) is 100.0 cm³/mol. The predicted octanol–water partition coefficient (Wildman–Crippen LogP) is 0.565. The van der Waals surface area contributed by atoms with Gasteiger partial charge in [0.1, 0.15) is 6.61 Å². The second-order valence-electron chi connectivity index (χ2n) is 7.33. The minimum atomic E-state index is -0.454. The summed E-state index contributed by atoms with van der Waals surface area (Å²) < 4.78 is 10.7. The Balaban J connectivity index is 1.15. The molecule has 0 spiro atoms. The molecule has 2 bridgehead atoms. The van der Waals surface area contributed by atoms with Gasteiger partial charge in [0.2, 0.25) is 17.7 Å². The lowest BCUT2D eigenvalue weighted by atomic mass is 9.85. The number of benzene rings is 1. The van der Waals surface area contributed by atoms with Crippen molar-refractivity contribution in [2.75, 3.05) is 13.1 Å². The van der Waals surface area contributed by atoms with Gasteiger partial charge >= 0.3 is 5.97 Å². The Bertz CT molecular complexity index is 822. The molecule has 3 heterocycles. The summed E-state index contributed by atoms with van der Waals surface area (Å²) in [5, 5.41) is 2.64. The molecule has 4 rings (SSSR count). The fraction of sp³-hybridized carbons (Fsp3) is 0.429. The first-order valence-corrected chi connectivity index (χ1v) is 9.70. The summed E-state index contributed by atoms with van der Waals surface area (Å²) in [6.45, 7) is 0.441. The van der Waals surface area contributed by atoms with E-state index < -0.39 is 17.8 Å². The van der Waals surface area contributed by atoms with E-state index in [1.165, 1.54) is 4.90 Å². The average molecular weight is 398 g/mol. The third-order valence-corrected chi connectivity index (χ3v) is 5.46. The van der Waals surface area contributed by atoms with E-state index in [4.69, 9.17) is 9.47 Å². The van der Waals surface area contributed by atoms with E-state index in [1.54, 1.807) is 0 Å². The zero-order chi connectivity index (χ0) is 20.4. The Morgan fingerprint density at radius 3 is 2.31 bits per heavy atom. The molecule has 2 fully saturated rings. The quantitative estimate of drug-likeness (QED) is 0.390. The average Bonchev–Trinajstić information content (AvgIpc) is 3.41. The second-order valence-corrected chi connectivity index (χ2v) is 7.33. The van der Waals surface area contributed by atoms with Gasteiger partial charge in [0.05, 0.1) is 30.5 Å². The molecule has 3 aliphatic rings. The Labute approximate surface area is 167 Å². The number of rotatable bonds is 8. The molecule has 29 heavy (non-hydrogen) atoms. The second kappa shape index (κ2) is 8.16. The van der Waals surface area contributed by atoms with Crippen LogP contribution in [0.4, 0.5) is 0 Å². The molecule has 0 saturated carbocycles. The topological polar surface area (TPSA) is 102 Å². The molecular formula is C21H22N2O6. The molecule has 0 radical (unpaired) electrons. The van der Waals surface area contributed by atoms with Crippen molar-refractivity contribution in [1.29, 1.82) is 0 Å². The lowest BCUT2D eigenvalue weighted by molar-refractivity contribution is -0.146. The van der Waals surface area contributed by atoms with Crippen molar-refractivity contribution in [3.8, 4) is 0 Å². The molecule has 0 aliphatic carbocycles. The van der Waals surface area contributed by atoms with Crippen LogP contribution in [0.1, 0.15) is 18.4 Å². The highest BCUT2D eigenvalue weighted by atomic mass is 16.5. The van der Waals surface area contributed by atoms with Crippen LogP contribution in [0.5, 0.6) is 0 Å². The van der Waals surface area contributed by atoms with Gasteiger partial charge in [0.25, 0.3) is 0 Å². The monoisotopic (exact) mass is 398 g/mol. The normalized spacial score (nSPS) is 26.7. The number of nitrogens with one attached hydrogen (secondary N) is 1. The van der Waals surface area contributed by atoms with Gasteiger partial charge in [-0.05, 0) is 5.56 Å². The highest BCUT2D eigenvalue weighted by Gasteiger charge is 2.60. The first-order valence-electron chi connectivity index (χ1n) is 9.70. The summed E-state index contributed by atoms with van der Waals surface area (Å²) in [5.74, 6) is -2.14. The van der Waals surface area contributed by atoms with Gasteiger partial charge in [-0.15, -0.1) is 0 Å². The van der Waals surface area contributed by atoms with Crippen molar-refractivity contribution in [2.24, 2.45) is 11.8 Å². The number of hydrogen-bond donors (Lipinski definition) is 1. The van der Waals surface area contributed by atoms with Gasteiger partial charge in [0.15, 0.2) is 0 Å². The number of fused-ring (bicyclic) bond motifs is 5. The number of nitrogens with zero attached hydrogens (tertiary/aromatic N) is 1. The van der Waals surface area contributed by atoms with E-state index in [0.29, 0.717) is 0 Å². The first-order chi connectivity index (χ1) is 14.0. The van der Waals surface area contributed by atoms with E-state index in [0.717, 1.165) is 5.56 Å². The molecule has 3 aliphatic heterocycles. The Kier molecular flexibility index (Phi) is 5.44. The zero-order valence-corrected chi connectivity index (χ0v) is 15.8. The molecule has 1 N–H and O–H groups in total. The smallest absolute Gasteiger partial charge is 0.306 e. The number of amides is 3. The van der Waals surface area contributed by atoms with Crippen LogP contribution in [0.3, 0.4) is 0 Å². The molecule has 1 aromatic carbocycles. The maximum absolute atomic E-state index is 12.5. The molecule has 8 nitrogen and oxygen atoms in total. The van der Waals surface area contributed by atoms with E-state index >= 15 is 0 Å². The summed E-state index contributed by atoms with van der Waals surface area (Å²) in [6.07, 6.45) is 2.99. The highest BCUT2D eigenvalue weighted by molar-refractivity contribution is 6.06. The van der Waals surface area contributed by atoms with Crippen LogP contribution in [-0.2, 0) is 35.3 Å². The summed E-state index contributed by atoms with van der Waals surface area (Å²) in [7, 11) is 0. The molecule has 8 heteroatoms. The SMILES string of the molecule is O=C(CCC(=O)OCc1ccccc1)NCCN1C(=O)C2C3C=CC(O3)C2C1=O. The van der Waals surface area contributed by atoms with Crippen LogP contribution >= 0.6 is 0 Å². The Morgan fingerprint density at radius 2 is 1.66 bits per heavy atom. The summed E-state index contributed by atoms with van der Waals surface area (Å²) in [5.41, 5.74) is 0.879. The van der Waals surface area contributed by atoms with E-state index in [1.807, 2.05) is 42.5 Å². The van der Waals surface area contributed by atoms with Gasteiger partial charge < -0.3 is 14.8 Å². The van der Waals surface area contributed by atoms with Gasteiger partial charge in [-0.1, -0.05) is 42.5 Å². The Hall–Kier alpha value is -3.00. The maximum atomic E-state index is 12.5. The summed E-state index contributed by atoms with van der Waals surface area (Å²) in [6, 6.07) is 9.29. The molecule has 2 saturated heterocycles. The van der Waals surface area contributed by atoms with Crippen molar-refractivity contribution in [3.63, 3.8) is 0 Å². The number of esters is 1. The van der Waals surface area contributed by atoms with Gasteiger partial charge in [-0.25, -0.2) is 0 Å². The zero-order valence-electron chi connectivity index (χ0n) is 15.8. The van der Waals surface area contributed by atoms with Crippen molar-refractivity contribution in [3.05, 3.63) is 48.0 Å². The van der Waals surface area contributed by atoms with Crippen LogP contribution in [0.15, 0.2) is 42.5 Å². The van der Waals surface area contributed by atoms with Gasteiger partial charge in [0, 0.05) is 19.5 Å². The number of imide groups is 1. The molecule has 152 valence electrons. The van der Waals surface area contributed by atoms with Crippen LogP contribution < -0.4 is 5.32 Å². The standard InChI is InChI=1S/C21H22N2O6/c24-16(8-9-17(25)28-12-13-4-2-1-3-5-13)22-10-11-23-20(26)18-14-6-7-15(29-14)19(18)21(23)27/h1-7,14-15,18-19H,8-12H2,(H,22,24). The molecule has 4 atom stereocenters. The number of carbonyl (C=O) groups excluding carboxylic acids is 4. The third kappa shape index (κ3) is 3.93. The van der Waals surface area contributed by atoms with Crippen LogP contribution in [0, 0.1) is 11.8 Å². The van der Waals surface area contributed by atoms with Crippen LogP contribution in [-0.4, -0.2) is 53.9 Å². The van der Waals surface area contributed by atoms with Gasteiger partial charge in [-0.2, -0.15) is 0 Å². The molecular weight excluding hydrogens is 376 g/mol. The van der Waals surface area contributed by atoms with Crippen molar-refractivity contribution >= 4 is 23.7 Å². The molecule has 3 amide bonds. The van der Waals surface area contributed by atoms with Crippen LogP contribution in [0.25, 0.3) is 0 Å². The molecule has 4 unspecified atom stereocenters. The van der Waals surface area contributed by atoms with Crippen molar-refractivity contribution < 1.29 is 28.7 Å². The maximum Gasteiger partial charge on any atom is 0.306 e. The summed E-state index contributed by atoms with van der Waals surface area (Å²) >= 11 is 0. The summed E-state index contributed by atoms with van der Waals surface area (Å²) in [4.78, 5) is 49.9. The van der Waals surface area contributed by atoms with Crippen LogP contribution in [0.2, 0.25) is 0 Å². The largest absolute Gasteiger partial charge is 0.461 e. The highest BCUT2D eigenvalue weighted by Crippen LogP contribution is 2.44. The van der Waals surface area contributed by atoms with Gasteiger partial charge in [-0.3, -0.25) is 24.1 Å². The van der Waals surface area contributed by atoms with E-state index in [9.17, 15) is 19.2 Å². The minimum absolute atomic E-state index is 0.0112. The third-order valence-electron chi connectivity index (χ3n) is 5.46. The first kappa shape index (κ1) is 19.3. The minimum Gasteiger partial charge on any atom is -0.461 e. The number of carbonyl (C=O) groups is 4. The fourth-order valence-electron chi connectivity index (χ4n) is 4.01.